The molecule has 0 aliphatic heterocycles. The molecule has 0 aromatic heterocycles. The summed E-state index contributed by atoms with van der Waals surface area (Å²) in [4.78, 5) is 16.7. The molecule has 0 fully saturated rings. The van der Waals surface area contributed by atoms with Crippen LogP contribution in [-0.4, -0.2) is 57.6 Å². The molecular formula is C22H38N4O5. The summed E-state index contributed by atoms with van der Waals surface area (Å²) < 4.78 is 21.5. The number of benzene rings is 1. The van der Waals surface area contributed by atoms with Crippen LogP contribution in [0.5, 0.6) is 17.2 Å². The summed E-state index contributed by atoms with van der Waals surface area (Å²) in [7, 11) is 4.73. The zero-order chi connectivity index (χ0) is 23.7. The number of hydrogen-bond acceptors (Lipinski definition) is 6. The van der Waals surface area contributed by atoms with Gasteiger partial charge in [-0.15, -0.1) is 0 Å². The Bertz CT molecular complexity index is 732. The molecule has 0 aliphatic carbocycles. The SMILES string of the molecule is CCNC(=NCc1cc(OC)c(OC)c(OC)c1)NCC(C)(C)NC(=O)OC(C)(C)C. The summed E-state index contributed by atoms with van der Waals surface area (Å²) >= 11 is 0. The van der Waals surface area contributed by atoms with Crippen molar-refractivity contribution in [2.24, 2.45) is 4.99 Å². The maximum Gasteiger partial charge on any atom is 0.408 e. The van der Waals surface area contributed by atoms with Crippen molar-refractivity contribution in [3.8, 4) is 17.2 Å². The lowest BCUT2D eigenvalue weighted by Crippen LogP contribution is -2.54. The van der Waals surface area contributed by atoms with Gasteiger partial charge in [0.25, 0.3) is 0 Å². The molecule has 3 N–H and O–H groups in total. The Hall–Kier alpha value is -2.84. The van der Waals surface area contributed by atoms with Gasteiger partial charge in [0.15, 0.2) is 17.5 Å². The lowest BCUT2D eigenvalue weighted by Gasteiger charge is -2.29. The third-order valence-corrected chi connectivity index (χ3v) is 4.03. The molecule has 0 heterocycles. The highest BCUT2D eigenvalue weighted by atomic mass is 16.6. The Kier molecular flexibility index (Phi) is 9.74. The first-order chi connectivity index (χ1) is 14.4. The normalized spacial score (nSPS) is 12.1. The average molecular weight is 439 g/mol. The second-order valence-electron chi connectivity index (χ2n) is 8.59. The molecule has 9 nitrogen and oxygen atoms in total. The minimum absolute atomic E-state index is 0.395. The Balaban J connectivity index is 2.87. The van der Waals surface area contributed by atoms with E-state index in [1.54, 1.807) is 21.3 Å². The van der Waals surface area contributed by atoms with Gasteiger partial charge in [0, 0.05) is 13.1 Å². The van der Waals surface area contributed by atoms with E-state index in [1.807, 2.05) is 53.7 Å². The molecule has 1 aromatic carbocycles. The monoisotopic (exact) mass is 438 g/mol. The van der Waals surface area contributed by atoms with E-state index in [1.165, 1.54) is 0 Å². The fourth-order valence-corrected chi connectivity index (χ4v) is 2.67. The van der Waals surface area contributed by atoms with E-state index in [0.717, 1.165) is 5.56 Å². The van der Waals surface area contributed by atoms with Gasteiger partial charge in [-0.3, -0.25) is 0 Å². The molecule has 0 bridgehead atoms. The van der Waals surface area contributed by atoms with E-state index in [-0.39, 0.29) is 0 Å². The van der Waals surface area contributed by atoms with Crippen LogP contribution in [0.3, 0.4) is 0 Å². The summed E-state index contributed by atoms with van der Waals surface area (Å²) in [5.41, 5.74) is -0.201. The van der Waals surface area contributed by atoms with E-state index in [0.29, 0.717) is 42.8 Å². The third kappa shape index (κ3) is 9.23. The largest absolute Gasteiger partial charge is 0.493 e. The van der Waals surface area contributed by atoms with E-state index in [2.05, 4.69) is 20.9 Å². The van der Waals surface area contributed by atoms with Crippen LogP contribution in [0.4, 0.5) is 4.79 Å². The molecule has 1 rings (SSSR count). The van der Waals surface area contributed by atoms with Crippen molar-refractivity contribution in [1.29, 1.82) is 0 Å². The highest BCUT2D eigenvalue weighted by molar-refractivity contribution is 5.80. The Morgan fingerprint density at radius 1 is 0.968 bits per heavy atom. The summed E-state index contributed by atoms with van der Waals surface area (Å²) in [5, 5.41) is 9.34. The predicted octanol–water partition coefficient (Wildman–Crippen LogP) is 3.07. The second kappa shape index (κ2) is 11.5. The Labute approximate surface area is 185 Å². The van der Waals surface area contributed by atoms with Crippen molar-refractivity contribution < 1.29 is 23.7 Å². The third-order valence-electron chi connectivity index (χ3n) is 4.03. The summed E-state index contributed by atoms with van der Waals surface area (Å²) in [6.45, 7) is 12.8. The van der Waals surface area contributed by atoms with Crippen molar-refractivity contribution in [1.82, 2.24) is 16.0 Å². The number of nitrogens with zero attached hydrogens (tertiary/aromatic N) is 1. The molecule has 31 heavy (non-hydrogen) atoms. The number of carbonyl (C=O) groups excluding carboxylic acids is 1. The van der Waals surface area contributed by atoms with Crippen LogP contribution in [0, 0.1) is 0 Å². The number of aliphatic imine (C=N–C) groups is 1. The van der Waals surface area contributed by atoms with Crippen molar-refractivity contribution in [3.05, 3.63) is 17.7 Å². The number of hydrogen-bond donors (Lipinski definition) is 3. The molecule has 9 heteroatoms. The number of rotatable bonds is 9. The lowest BCUT2D eigenvalue weighted by atomic mass is 10.1. The Morgan fingerprint density at radius 2 is 1.55 bits per heavy atom. The molecule has 0 saturated heterocycles. The number of nitrogens with one attached hydrogen (secondary N) is 3. The van der Waals surface area contributed by atoms with Crippen LogP contribution in [0.15, 0.2) is 17.1 Å². The summed E-state index contributed by atoms with van der Waals surface area (Å²) in [6, 6.07) is 3.73. The lowest BCUT2D eigenvalue weighted by molar-refractivity contribution is 0.0474. The highest BCUT2D eigenvalue weighted by Gasteiger charge is 2.24. The van der Waals surface area contributed by atoms with Crippen molar-refractivity contribution in [3.63, 3.8) is 0 Å². The van der Waals surface area contributed by atoms with Crippen LogP contribution in [0.2, 0.25) is 0 Å². The number of methoxy groups -OCH3 is 3. The Morgan fingerprint density at radius 3 is 2.00 bits per heavy atom. The summed E-state index contributed by atoms with van der Waals surface area (Å²) in [5.74, 6) is 2.31. The minimum Gasteiger partial charge on any atom is -0.493 e. The smallest absolute Gasteiger partial charge is 0.408 e. The first kappa shape index (κ1) is 26.2. The molecule has 0 radical (unpaired) electrons. The van der Waals surface area contributed by atoms with Gasteiger partial charge in [-0.2, -0.15) is 0 Å². The zero-order valence-electron chi connectivity index (χ0n) is 20.3. The fourth-order valence-electron chi connectivity index (χ4n) is 2.67. The molecule has 0 saturated carbocycles. The quantitative estimate of drug-likeness (QED) is 0.402. The van der Waals surface area contributed by atoms with E-state index < -0.39 is 17.2 Å². The average Bonchev–Trinajstić information content (AvgIpc) is 2.67. The van der Waals surface area contributed by atoms with E-state index >= 15 is 0 Å². The van der Waals surface area contributed by atoms with Crippen LogP contribution in [-0.2, 0) is 11.3 Å². The molecule has 1 aromatic rings. The van der Waals surface area contributed by atoms with Gasteiger partial charge in [0.1, 0.15) is 5.60 Å². The first-order valence-corrected chi connectivity index (χ1v) is 10.3. The number of alkyl carbamates (subject to hydrolysis) is 1. The molecule has 1 amide bonds. The zero-order valence-corrected chi connectivity index (χ0v) is 20.3. The number of ether oxygens (including phenoxy) is 4. The second-order valence-corrected chi connectivity index (χ2v) is 8.59. The molecule has 0 aliphatic rings. The van der Waals surface area contributed by atoms with Gasteiger partial charge in [-0.1, -0.05) is 0 Å². The number of guanidine groups is 1. The van der Waals surface area contributed by atoms with Gasteiger partial charge < -0.3 is 34.9 Å². The van der Waals surface area contributed by atoms with Gasteiger partial charge in [-0.25, -0.2) is 9.79 Å². The maximum atomic E-state index is 12.1. The van der Waals surface area contributed by atoms with Gasteiger partial charge >= 0.3 is 6.09 Å². The van der Waals surface area contributed by atoms with Crippen molar-refractivity contribution in [2.45, 2.75) is 59.2 Å². The topological polar surface area (TPSA) is 102 Å². The molecule has 0 atom stereocenters. The molecule has 176 valence electrons. The number of amides is 1. The van der Waals surface area contributed by atoms with Crippen LogP contribution >= 0.6 is 0 Å². The van der Waals surface area contributed by atoms with Crippen LogP contribution in [0.1, 0.15) is 47.1 Å². The van der Waals surface area contributed by atoms with Crippen LogP contribution in [0.25, 0.3) is 0 Å². The molecular weight excluding hydrogens is 400 g/mol. The van der Waals surface area contributed by atoms with Gasteiger partial charge in [0.05, 0.1) is 33.4 Å². The van der Waals surface area contributed by atoms with E-state index in [4.69, 9.17) is 18.9 Å². The maximum absolute atomic E-state index is 12.1. The fraction of sp³-hybridized carbons (Fsp3) is 0.636. The van der Waals surface area contributed by atoms with Crippen LogP contribution < -0.4 is 30.2 Å². The first-order valence-electron chi connectivity index (χ1n) is 10.3. The van der Waals surface area contributed by atoms with Gasteiger partial charge in [-0.05, 0) is 59.2 Å². The number of carbonyl (C=O) groups is 1. The van der Waals surface area contributed by atoms with Crippen molar-refractivity contribution >= 4 is 12.1 Å². The minimum atomic E-state index is -0.551. The standard InChI is InChI=1S/C22H38N4O5/c1-10-23-19(25-14-22(5,6)26-20(27)31-21(2,3)4)24-13-15-11-16(28-7)18(30-9)17(12-15)29-8/h11-12H,10,13-14H2,1-9H3,(H,26,27)(H2,23,24,25). The summed E-state index contributed by atoms with van der Waals surface area (Å²) in [6.07, 6.45) is -0.460. The van der Waals surface area contributed by atoms with Gasteiger partial charge in [0.2, 0.25) is 5.75 Å². The van der Waals surface area contributed by atoms with E-state index in [9.17, 15) is 4.79 Å². The molecule has 0 spiro atoms. The molecule has 0 unspecified atom stereocenters. The van der Waals surface area contributed by atoms with Crippen molar-refractivity contribution in [2.75, 3.05) is 34.4 Å². The predicted molar refractivity (Wildman–Crippen MR) is 122 cm³/mol. The highest BCUT2D eigenvalue weighted by Crippen LogP contribution is 2.38.